The fourth-order valence-electron chi connectivity index (χ4n) is 1.96. The summed E-state index contributed by atoms with van der Waals surface area (Å²) in [6, 6.07) is 3.47. The summed E-state index contributed by atoms with van der Waals surface area (Å²) in [5, 5.41) is 1.12. The molecule has 0 radical (unpaired) electrons. The van der Waals surface area contributed by atoms with E-state index in [1.807, 2.05) is 0 Å². The highest BCUT2D eigenvalue weighted by Crippen LogP contribution is 2.27. The molecular formula is C12H24O3Si. The summed E-state index contributed by atoms with van der Waals surface area (Å²) in [5.41, 5.74) is 0. The lowest BCUT2D eigenvalue weighted by Gasteiger charge is -2.30. The molecule has 0 amide bonds. The van der Waals surface area contributed by atoms with Crippen LogP contribution in [-0.4, -0.2) is 27.4 Å². The SMILES string of the molecule is C=C(COC(=O)OCC)[Si](CC)(CC)CC. The van der Waals surface area contributed by atoms with E-state index < -0.39 is 14.2 Å². The summed E-state index contributed by atoms with van der Waals surface area (Å²) >= 11 is 0. The molecule has 94 valence electrons. The molecule has 0 saturated carbocycles. The molecule has 0 rings (SSSR count). The Balaban J connectivity index is 4.27. The van der Waals surface area contributed by atoms with Crippen LogP contribution in [0.2, 0.25) is 18.1 Å². The van der Waals surface area contributed by atoms with Crippen LogP contribution >= 0.6 is 0 Å². The van der Waals surface area contributed by atoms with E-state index in [0.29, 0.717) is 13.2 Å². The first-order valence-electron chi connectivity index (χ1n) is 6.04. The fraction of sp³-hybridized carbons (Fsp3) is 0.750. The summed E-state index contributed by atoms with van der Waals surface area (Å²) in [5.74, 6) is 0. The lowest BCUT2D eigenvalue weighted by atomic mass is 10.7. The first-order valence-corrected chi connectivity index (χ1v) is 8.66. The number of hydrogen-bond acceptors (Lipinski definition) is 3. The second kappa shape index (κ2) is 7.49. The molecule has 16 heavy (non-hydrogen) atoms. The van der Waals surface area contributed by atoms with Gasteiger partial charge in [0.15, 0.2) is 0 Å². The van der Waals surface area contributed by atoms with Crippen LogP contribution in [-0.2, 0) is 9.47 Å². The van der Waals surface area contributed by atoms with Gasteiger partial charge in [0.25, 0.3) is 0 Å². The molecule has 0 bridgehead atoms. The maximum atomic E-state index is 11.1. The van der Waals surface area contributed by atoms with Crippen molar-refractivity contribution in [3.05, 3.63) is 11.8 Å². The third kappa shape index (κ3) is 4.00. The highest BCUT2D eigenvalue weighted by molar-refractivity contribution is 6.86. The average molecular weight is 244 g/mol. The molecule has 0 saturated heterocycles. The number of rotatable bonds is 7. The smallest absolute Gasteiger partial charge is 0.435 e. The molecule has 0 heterocycles. The van der Waals surface area contributed by atoms with Gasteiger partial charge in [-0.25, -0.2) is 4.79 Å². The Labute approximate surface area is 99.8 Å². The summed E-state index contributed by atoms with van der Waals surface area (Å²) in [4.78, 5) is 11.1. The maximum absolute atomic E-state index is 11.1. The summed E-state index contributed by atoms with van der Waals surface area (Å²) in [6.45, 7) is 13.1. The van der Waals surface area contributed by atoms with Crippen LogP contribution in [0.25, 0.3) is 0 Å². The number of hydrogen-bond donors (Lipinski definition) is 0. The standard InChI is InChI=1S/C12H24O3Si/c1-6-14-12(13)15-10-11(5)16(7-2,8-3)9-4/h5-10H2,1-4H3. The molecule has 0 spiro atoms. The molecule has 3 nitrogen and oxygen atoms in total. The van der Waals surface area contributed by atoms with Crippen molar-refractivity contribution in [3.63, 3.8) is 0 Å². The number of carbonyl (C=O) groups excluding carboxylic acids is 1. The van der Waals surface area contributed by atoms with Crippen LogP contribution in [0.4, 0.5) is 4.79 Å². The van der Waals surface area contributed by atoms with Gasteiger partial charge >= 0.3 is 6.16 Å². The Kier molecular flexibility index (Phi) is 7.13. The van der Waals surface area contributed by atoms with Crippen molar-refractivity contribution in [1.29, 1.82) is 0 Å². The molecular weight excluding hydrogens is 220 g/mol. The third-order valence-electron chi connectivity index (χ3n) is 3.41. The summed E-state index contributed by atoms with van der Waals surface area (Å²) in [7, 11) is -1.44. The van der Waals surface area contributed by atoms with E-state index in [1.54, 1.807) is 6.92 Å². The van der Waals surface area contributed by atoms with Crippen LogP contribution in [0.1, 0.15) is 27.7 Å². The van der Waals surface area contributed by atoms with Gasteiger partial charge in [0.2, 0.25) is 0 Å². The number of carbonyl (C=O) groups is 1. The van der Waals surface area contributed by atoms with Crippen LogP contribution in [0, 0.1) is 0 Å². The quantitative estimate of drug-likeness (QED) is 0.505. The minimum atomic E-state index is -1.44. The van der Waals surface area contributed by atoms with Crippen molar-refractivity contribution in [2.45, 2.75) is 45.8 Å². The van der Waals surface area contributed by atoms with Crippen LogP contribution < -0.4 is 0 Å². The lowest BCUT2D eigenvalue weighted by molar-refractivity contribution is 0.0665. The maximum Gasteiger partial charge on any atom is 0.508 e. The van der Waals surface area contributed by atoms with E-state index in [4.69, 9.17) is 9.47 Å². The van der Waals surface area contributed by atoms with Crippen LogP contribution in [0.5, 0.6) is 0 Å². The van der Waals surface area contributed by atoms with Crippen LogP contribution in [0.3, 0.4) is 0 Å². The molecule has 0 unspecified atom stereocenters. The zero-order valence-electron chi connectivity index (χ0n) is 11.0. The highest BCUT2D eigenvalue weighted by Gasteiger charge is 2.30. The van der Waals surface area contributed by atoms with Gasteiger partial charge in [-0.15, -0.1) is 6.58 Å². The van der Waals surface area contributed by atoms with Gasteiger partial charge in [-0.05, 0) is 6.92 Å². The fourth-order valence-corrected chi connectivity index (χ4v) is 5.34. The molecule has 0 atom stereocenters. The molecule has 0 aromatic rings. The lowest BCUT2D eigenvalue weighted by Crippen LogP contribution is -2.36. The van der Waals surface area contributed by atoms with E-state index in [1.165, 1.54) is 0 Å². The van der Waals surface area contributed by atoms with Crippen molar-refractivity contribution >= 4 is 14.2 Å². The second-order valence-electron chi connectivity index (χ2n) is 3.92. The Morgan fingerprint density at radius 1 is 1.06 bits per heavy atom. The van der Waals surface area contributed by atoms with Gasteiger partial charge < -0.3 is 9.47 Å². The molecule has 4 heteroatoms. The predicted molar refractivity (Wildman–Crippen MR) is 69.3 cm³/mol. The van der Waals surface area contributed by atoms with Gasteiger partial charge in [0.05, 0.1) is 14.7 Å². The van der Waals surface area contributed by atoms with Gasteiger partial charge in [-0.1, -0.05) is 44.1 Å². The minimum absolute atomic E-state index is 0.320. The first-order chi connectivity index (χ1) is 7.56. The third-order valence-corrected chi connectivity index (χ3v) is 9.11. The molecule has 0 aromatic carbocycles. The van der Waals surface area contributed by atoms with E-state index in [9.17, 15) is 4.79 Å². The molecule has 0 aromatic heterocycles. The Morgan fingerprint density at radius 2 is 1.56 bits per heavy atom. The summed E-state index contributed by atoms with van der Waals surface area (Å²) < 4.78 is 9.75. The number of ether oxygens (including phenoxy) is 2. The van der Waals surface area contributed by atoms with E-state index in [2.05, 4.69) is 27.4 Å². The molecule has 0 aliphatic heterocycles. The monoisotopic (exact) mass is 244 g/mol. The zero-order valence-corrected chi connectivity index (χ0v) is 12.0. The van der Waals surface area contributed by atoms with Crippen molar-refractivity contribution in [1.82, 2.24) is 0 Å². The highest BCUT2D eigenvalue weighted by atomic mass is 28.3. The van der Waals surface area contributed by atoms with E-state index >= 15 is 0 Å². The Morgan fingerprint density at radius 3 is 1.94 bits per heavy atom. The molecule has 0 aliphatic carbocycles. The van der Waals surface area contributed by atoms with Gasteiger partial charge in [-0.3, -0.25) is 0 Å². The van der Waals surface area contributed by atoms with Crippen LogP contribution in [0.15, 0.2) is 11.8 Å². The zero-order chi connectivity index (χ0) is 12.6. The second-order valence-corrected chi connectivity index (χ2v) is 9.31. The topological polar surface area (TPSA) is 35.5 Å². The molecule has 0 fully saturated rings. The van der Waals surface area contributed by atoms with Crippen molar-refractivity contribution in [2.75, 3.05) is 13.2 Å². The largest absolute Gasteiger partial charge is 0.508 e. The molecule has 0 aliphatic rings. The van der Waals surface area contributed by atoms with Gasteiger partial charge in [-0.2, -0.15) is 0 Å². The molecule has 0 N–H and O–H groups in total. The van der Waals surface area contributed by atoms with Crippen molar-refractivity contribution in [2.24, 2.45) is 0 Å². The van der Waals surface area contributed by atoms with Gasteiger partial charge in [0.1, 0.15) is 6.61 Å². The van der Waals surface area contributed by atoms with Crippen molar-refractivity contribution in [3.8, 4) is 0 Å². The van der Waals surface area contributed by atoms with E-state index in [0.717, 1.165) is 23.3 Å². The van der Waals surface area contributed by atoms with Gasteiger partial charge in [0, 0.05) is 0 Å². The Hall–Kier alpha value is -0.773. The van der Waals surface area contributed by atoms with Crippen molar-refractivity contribution < 1.29 is 14.3 Å². The summed E-state index contributed by atoms with van der Waals surface area (Å²) in [6.07, 6.45) is -0.588. The first kappa shape index (κ1) is 15.2. The van der Waals surface area contributed by atoms with E-state index in [-0.39, 0.29) is 0 Å². The average Bonchev–Trinajstić information content (AvgIpc) is 2.30. The normalized spacial score (nSPS) is 11.0. The Bertz CT molecular complexity index is 226. The minimum Gasteiger partial charge on any atom is -0.435 e. The predicted octanol–water partition coefficient (Wildman–Crippen LogP) is 3.76.